The molecular weight excluding hydrogens is 296 g/mol. The summed E-state index contributed by atoms with van der Waals surface area (Å²) in [4.78, 5) is 22.5. The summed E-state index contributed by atoms with van der Waals surface area (Å²) in [5, 5.41) is 21.9. The van der Waals surface area contributed by atoms with Gasteiger partial charge in [0, 0.05) is 5.39 Å². The molecule has 3 N–H and O–H groups in total. The summed E-state index contributed by atoms with van der Waals surface area (Å²) < 4.78 is 0. The molecule has 1 fully saturated rings. The van der Waals surface area contributed by atoms with Gasteiger partial charge in [-0.15, -0.1) is 0 Å². The molecule has 3 rings (SSSR count). The topological polar surface area (TPSA) is 98.6 Å². The van der Waals surface area contributed by atoms with Crippen molar-refractivity contribution >= 4 is 22.7 Å². The number of nitrogens with one attached hydrogen (secondary N) is 1. The fourth-order valence-electron chi connectivity index (χ4n) is 2.80. The smallest absolute Gasteiger partial charge is 0.328 e. The quantitative estimate of drug-likeness (QED) is 0.733. The predicted molar refractivity (Wildman–Crippen MR) is 86.2 cm³/mol. The number of rotatable bonds is 6. The molecule has 1 aromatic carbocycles. The summed E-state index contributed by atoms with van der Waals surface area (Å²) in [5.41, 5.74) is 0.765. The molecule has 2 heterocycles. The van der Waals surface area contributed by atoms with Crippen LogP contribution in [0.3, 0.4) is 0 Å². The van der Waals surface area contributed by atoms with Crippen LogP contribution in [0.25, 0.3) is 10.9 Å². The molecule has 7 nitrogen and oxygen atoms in total. The number of nitrogens with zero attached hydrogens (tertiary/aromatic N) is 3. The third kappa shape index (κ3) is 3.57. The Morgan fingerprint density at radius 3 is 2.70 bits per heavy atom. The van der Waals surface area contributed by atoms with Crippen molar-refractivity contribution in [2.75, 3.05) is 25.0 Å². The second-order valence-electron chi connectivity index (χ2n) is 5.71. The SMILES string of the molecule is O=C(O)C(CO)Nc1nc(CN2CCCC2)nc2ccccc12. The Balaban J connectivity index is 1.94. The van der Waals surface area contributed by atoms with Gasteiger partial charge in [0.2, 0.25) is 0 Å². The largest absolute Gasteiger partial charge is 0.480 e. The molecule has 23 heavy (non-hydrogen) atoms. The number of aliphatic hydroxyl groups is 1. The molecule has 7 heteroatoms. The standard InChI is InChI=1S/C16H20N4O3/c21-10-13(16(22)23)18-15-11-5-1-2-6-12(11)17-14(19-15)9-20-7-3-4-8-20/h1-2,5-6,13,21H,3-4,7-10H2,(H,22,23)(H,17,18,19). The van der Waals surface area contributed by atoms with Crippen LogP contribution in [-0.2, 0) is 11.3 Å². The van der Waals surface area contributed by atoms with Crippen LogP contribution in [0, 0.1) is 0 Å². The van der Waals surface area contributed by atoms with Crippen LogP contribution in [0.1, 0.15) is 18.7 Å². The lowest BCUT2D eigenvalue weighted by molar-refractivity contribution is -0.138. The molecule has 2 aromatic rings. The van der Waals surface area contributed by atoms with Gasteiger partial charge in [-0.3, -0.25) is 4.90 Å². The number of aliphatic hydroxyl groups excluding tert-OH is 1. The number of likely N-dealkylation sites (tertiary alicyclic amines) is 1. The number of para-hydroxylation sites is 1. The minimum Gasteiger partial charge on any atom is -0.480 e. The lowest BCUT2D eigenvalue weighted by Crippen LogP contribution is -2.33. The van der Waals surface area contributed by atoms with Gasteiger partial charge in [-0.25, -0.2) is 14.8 Å². The van der Waals surface area contributed by atoms with Gasteiger partial charge in [-0.05, 0) is 38.1 Å². The van der Waals surface area contributed by atoms with Gasteiger partial charge in [-0.2, -0.15) is 0 Å². The fraction of sp³-hybridized carbons (Fsp3) is 0.438. The van der Waals surface area contributed by atoms with Crippen LogP contribution in [0.5, 0.6) is 0 Å². The van der Waals surface area contributed by atoms with Crippen molar-refractivity contribution in [1.82, 2.24) is 14.9 Å². The van der Waals surface area contributed by atoms with Gasteiger partial charge >= 0.3 is 5.97 Å². The minimum atomic E-state index is -1.11. The lowest BCUT2D eigenvalue weighted by Gasteiger charge is -2.17. The molecule has 0 amide bonds. The van der Waals surface area contributed by atoms with Gasteiger partial charge < -0.3 is 15.5 Å². The van der Waals surface area contributed by atoms with Crippen molar-refractivity contribution in [3.8, 4) is 0 Å². The maximum Gasteiger partial charge on any atom is 0.328 e. The van der Waals surface area contributed by atoms with Gasteiger partial charge in [0.15, 0.2) is 0 Å². The molecule has 0 radical (unpaired) electrons. The molecule has 0 spiro atoms. The number of carbonyl (C=O) groups is 1. The molecule has 122 valence electrons. The zero-order valence-corrected chi connectivity index (χ0v) is 12.8. The highest BCUT2D eigenvalue weighted by atomic mass is 16.4. The minimum absolute atomic E-state index is 0.450. The summed E-state index contributed by atoms with van der Waals surface area (Å²) >= 11 is 0. The highest BCUT2D eigenvalue weighted by Gasteiger charge is 2.19. The van der Waals surface area contributed by atoms with Crippen molar-refractivity contribution in [1.29, 1.82) is 0 Å². The number of aromatic nitrogens is 2. The van der Waals surface area contributed by atoms with Crippen LogP contribution in [0.15, 0.2) is 24.3 Å². The Morgan fingerprint density at radius 2 is 2.00 bits per heavy atom. The van der Waals surface area contributed by atoms with E-state index in [1.807, 2.05) is 24.3 Å². The monoisotopic (exact) mass is 316 g/mol. The van der Waals surface area contributed by atoms with E-state index in [1.165, 1.54) is 12.8 Å². The Labute approximate surface area is 134 Å². The van der Waals surface area contributed by atoms with E-state index in [4.69, 9.17) is 5.11 Å². The van der Waals surface area contributed by atoms with Crippen LogP contribution in [-0.4, -0.2) is 56.8 Å². The fourth-order valence-corrected chi connectivity index (χ4v) is 2.80. The van der Waals surface area contributed by atoms with Crippen molar-refractivity contribution < 1.29 is 15.0 Å². The Hall–Kier alpha value is -2.25. The molecular formula is C16H20N4O3. The molecule has 1 aliphatic heterocycles. The average Bonchev–Trinajstić information content (AvgIpc) is 3.05. The first kappa shape index (κ1) is 15.6. The molecule has 1 unspecified atom stereocenters. The van der Waals surface area contributed by atoms with E-state index < -0.39 is 18.6 Å². The molecule has 0 bridgehead atoms. The molecule has 0 aliphatic carbocycles. The van der Waals surface area contributed by atoms with Crippen molar-refractivity contribution in [3.63, 3.8) is 0 Å². The number of carboxylic acids is 1. The van der Waals surface area contributed by atoms with Crippen molar-refractivity contribution in [2.24, 2.45) is 0 Å². The number of fused-ring (bicyclic) bond motifs is 1. The average molecular weight is 316 g/mol. The second kappa shape index (κ2) is 6.89. The molecule has 1 aliphatic rings. The maximum atomic E-state index is 11.2. The second-order valence-corrected chi connectivity index (χ2v) is 5.71. The number of carboxylic acid groups (broad SMARTS) is 1. The van der Waals surface area contributed by atoms with Gasteiger partial charge in [-0.1, -0.05) is 12.1 Å². The van der Waals surface area contributed by atoms with E-state index in [0.29, 0.717) is 18.2 Å². The Morgan fingerprint density at radius 1 is 1.26 bits per heavy atom. The summed E-state index contributed by atoms with van der Waals surface area (Å²) in [5.74, 6) is -0.00212. The van der Waals surface area contributed by atoms with Gasteiger partial charge in [0.25, 0.3) is 0 Å². The van der Waals surface area contributed by atoms with Gasteiger partial charge in [0.1, 0.15) is 17.7 Å². The van der Waals surface area contributed by atoms with E-state index >= 15 is 0 Å². The number of benzene rings is 1. The van der Waals surface area contributed by atoms with Crippen LogP contribution in [0.2, 0.25) is 0 Å². The number of hydrogen-bond donors (Lipinski definition) is 3. The number of hydrogen-bond acceptors (Lipinski definition) is 6. The van der Waals surface area contributed by atoms with Crippen LogP contribution < -0.4 is 5.32 Å². The third-order valence-corrected chi connectivity index (χ3v) is 4.00. The summed E-state index contributed by atoms with van der Waals surface area (Å²) in [6, 6.07) is 6.37. The zero-order valence-electron chi connectivity index (χ0n) is 12.8. The number of aliphatic carboxylic acids is 1. The maximum absolute atomic E-state index is 11.2. The molecule has 1 saturated heterocycles. The van der Waals surface area contributed by atoms with Crippen LogP contribution in [0.4, 0.5) is 5.82 Å². The van der Waals surface area contributed by atoms with Crippen molar-refractivity contribution in [3.05, 3.63) is 30.1 Å². The summed E-state index contributed by atoms with van der Waals surface area (Å²) in [6.45, 7) is 2.21. The van der Waals surface area contributed by atoms with Gasteiger partial charge in [0.05, 0.1) is 18.7 Å². The Kier molecular flexibility index (Phi) is 4.68. The van der Waals surface area contributed by atoms with E-state index in [0.717, 1.165) is 24.0 Å². The zero-order chi connectivity index (χ0) is 16.2. The van der Waals surface area contributed by atoms with E-state index in [2.05, 4.69) is 20.2 Å². The van der Waals surface area contributed by atoms with Crippen LogP contribution >= 0.6 is 0 Å². The molecule has 0 saturated carbocycles. The normalized spacial score (nSPS) is 16.6. The lowest BCUT2D eigenvalue weighted by atomic mass is 10.2. The first-order chi connectivity index (χ1) is 11.2. The predicted octanol–water partition coefficient (Wildman–Crippen LogP) is 1.08. The number of anilines is 1. The van der Waals surface area contributed by atoms with E-state index in [9.17, 15) is 9.90 Å². The summed E-state index contributed by atoms with van der Waals surface area (Å²) in [6.07, 6.45) is 2.37. The first-order valence-electron chi connectivity index (χ1n) is 7.75. The third-order valence-electron chi connectivity index (χ3n) is 4.00. The van der Waals surface area contributed by atoms with Crippen molar-refractivity contribution in [2.45, 2.75) is 25.4 Å². The first-order valence-corrected chi connectivity index (χ1v) is 7.75. The van der Waals surface area contributed by atoms with E-state index in [-0.39, 0.29) is 0 Å². The highest BCUT2D eigenvalue weighted by Crippen LogP contribution is 2.22. The highest BCUT2D eigenvalue weighted by molar-refractivity contribution is 5.90. The molecule has 1 aromatic heterocycles. The Bertz CT molecular complexity index is 701. The van der Waals surface area contributed by atoms with E-state index in [1.54, 1.807) is 0 Å². The molecule has 1 atom stereocenters. The summed E-state index contributed by atoms with van der Waals surface area (Å²) in [7, 11) is 0.